The van der Waals surface area contributed by atoms with Gasteiger partial charge in [-0.1, -0.05) is 18.2 Å². The SMILES string of the molecule is CCOc1ccc(S(=O)(=O)Nc2ccc(C(=O)OC(C)c3nnc(-c4ccccc4)o3)cc2)cc1. The van der Waals surface area contributed by atoms with Crippen molar-refractivity contribution in [2.75, 3.05) is 11.3 Å². The van der Waals surface area contributed by atoms with Crippen molar-refractivity contribution in [2.45, 2.75) is 24.8 Å². The highest BCUT2D eigenvalue weighted by molar-refractivity contribution is 7.92. The van der Waals surface area contributed by atoms with Gasteiger partial charge in [0.2, 0.25) is 5.89 Å². The molecule has 0 aliphatic carbocycles. The average molecular weight is 494 g/mol. The fraction of sp³-hybridized carbons (Fsp3) is 0.160. The molecule has 10 heteroatoms. The van der Waals surface area contributed by atoms with Gasteiger partial charge in [-0.15, -0.1) is 10.2 Å². The van der Waals surface area contributed by atoms with Crippen LogP contribution in [0.2, 0.25) is 0 Å². The molecule has 0 fully saturated rings. The predicted molar refractivity (Wildman–Crippen MR) is 128 cm³/mol. The third kappa shape index (κ3) is 5.85. The summed E-state index contributed by atoms with van der Waals surface area (Å²) in [4.78, 5) is 12.6. The van der Waals surface area contributed by atoms with Gasteiger partial charge in [0.15, 0.2) is 6.10 Å². The Morgan fingerprint density at radius 1 is 0.971 bits per heavy atom. The van der Waals surface area contributed by atoms with E-state index in [1.165, 1.54) is 36.4 Å². The second-order valence-corrected chi connectivity index (χ2v) is 9.13. The summed E-state index contributed by atoms with van der Waals surface area (Å²) < 4.78 is 44.1. The van der Waals surface area contributed by atoms with Crippen molar-refractivity contribution in [1.82, 2.24) is 10.2 Å². The molecule has 0 aliphatic heterocycles. The van der Waals surface area contributed by atoms with Gasteiger partial charge < -0.3 is 13.9 Å². The lowest BCUT2D eigenvalue weighted by Crippen LogP contribution is -2.13. The molecule has 0 spiro atoms. The van der Waals surface area contributed by atoms with E-state index in [0.717, 1.165) is 5.56 Å². The number of carbonyl (C=O) groups is 1. The molecule has 1 unspecified atom stereocenters. The maximum Gasteiger partial charge on any atom is 0.338 e. The minimum absolute atomic E-state index is 0.0905. The number of benzene rings is 3. The van der Waals surface area contributed by atoms with E-state index in [0.29, 0.717) is 23.9 Å². The van der Waals surface area contributed by atoms with Gasteiger partial charge in [0, 0.05) is 11.3 Å². The van der Waals surface area contributed by atoms with Crippen LogP contribution in [0.15, 0.2) is 88.2 Å². The van der Waals surface area contributed by atoms with Crippen molar-refractivity contribution < 1.29 is 27.1 Å². The lowest BCUT2D eigenvalue weighted by Gasteiger charge is -2.11. The fourth-order valence-corrected chi connectivity index (χ4v) is 4.20. The Morgan fingerprint density at radius 2 is 1.66 bits per heavy atom. The molecule has 0 amide bonds. The molecular weight excluding hydrogens is 470 g/mol. The highest BCUT2D eigenvalue weighted by Gasteiger charge is 2.20. The maximum atomic E-state index is 12.6. The summed E-state index contributed by atoms with van der Waals surface area (Å²) in [6.07, 6.45) is -0.773. The molecule has 9 nitrogen and oxygen atoms in total. The molecule has 1 N–H and O–H groups in total. The highest BCUT2D eigenvalue weighted by Crippen LogP contribution is 2.24. The summed E-state index contributed by atoms with van der Waals surface area (Å²) in [6, 6.07) is 21.2. The summed E-state index contributed by atoms with van der Waals surface area (Å²) >= 11 is 0. The third-order valence-corrected chi connectivity index (χ3v) is 6.31. The number of anilines is 1. The molecule has 1 atom stereocenters. The van der Waals surface area contributed by atoms with Gasteiger partial charge in [-0.3, -0.25) is 4.72 Å². The van der Waals surface area contributed by atoms with Crippen molar-refractivity contribution in [2.24, 2.45) is 0 Å². The number of nitrogens with zero attached hydrogens (tertiary/aromatic N) is 2. The number of rotatable bonds is 9. The normalized spacial score (nSPS) is 12.1. The standard InChI is InChI=1S/C25H23N3O6S/c1-3-32-21-13-15-22(16-14-21)35(30,31)28-20-11-9-19(10-12-20)25(29)33-17(2)23-26-27-24(34-23)18-7-5-4-6-8-18/h4-17,28H,3H2,1-2H3. The van der Waals surface area contributed by atoms with Crippen LogP contribution in [-0.4, -0.2) is 31.2 Å². The number of hydrogen-bond donors (Lipinski definition) is 1. The zero-order valence-corrected chi connectivity index (χ0v) is 19.9. The van der Waals surface area contributed by atoms with Gasteiger partial charge >= 0.3 is 5.97 Å². The Hall–Kier alpha value is -4.18. The average Bonchev–Trinajstić information content (AvgIpc) is 3.36. The molecule has 0 bridgehead atoms. The third-order valence-electron chi connectivity index (χ3n) is 4.91. The summed E-state index contributed by atoms with van der Waals surface area (Å²) in [5, 5.41) is 7.95. The van der Waals surface area contributed by atoms with Crippen molar-refractivity contribution in [3.05, 3.63) is 90.3 Å². The summed E-state index contributed by atoms with van der Waals surface area (Å²) in [6.45, 7) is 3.96. The minimum Gasteiger partial charge on any atom is -0.494 e. The lowest BCUT2D eigenvalue weighted by molar-refractivity contribution is 0.0280. The summed E-state index contributed by atoms with van der Waals surface area (Å²) in [5.74, 6) is 0.461. The van der Waals surface area contributed by atoms with Crippen LogP contribution in [0.25, 0.3) is 11.5 Å². The van der Waals surface area contributed by atoms with Gasteiger partial charge in [0.1, 0.15) is 5.75 Å². The number of esters is 1. The first-order chi connectivity index (χ1) is 16.9. The van der Waals surface area contributed by atoms with E-state index in [2.05, 4.69) is 14.9 Å². The largest absolute Gasteiger partial charge is 0.494 e. The first-order valence-corrected chi connectivity index (χ1v) is 12.3. The molecule has 0 aliphatic rings. The molecule has 0 saturated carbocycles. The van der Waals surface area contributed by atoms with Gasteiger partial charge in [-0.25, -0.2) is 13.2 Å². The quantitative estimate of drug-likeness (QED) is 0.328. The lowest BCUT2D eigenvalue weighted by atomic mass is 10.2. The second kappa shape index (κ2) is 10.4. The molecule has 0 saturated heterocycles. The Balaban J connectivity index is 1.38. The molecule has 35 heavy (non-hydrogen) atoms. The first kappa shape index (κ1) is 24.0. The molecule has 0 radical (unpaired) electrons. The van der Waals surface area contributed by atoms with Crippen LogP contribution >= 0.6 is 0 Å². The van der Waals surface area contributed by atoms with Gasteiger partial charge in [-0.2, -0.15) is 0 Å². The van der Waals surface area contributed by atoms with Crippen LogP contribution in [0, 0.1) is 0 Å². The van der Waals surface area contributed by atoms with E-state index in [1.54, 1.807) is 19.1 Å². The highest BCUT2D eigenvalue weighted by atomic mass is 32.2. The smallest absolute Gasteiger partial charge is 0.338 e. The molecule has 1 aromatic heterocycles. The zero-order valence-electron chi connectivity index (χ0n) is 19.0. The van der Waals surface area contributed by atoms with Crippen LogP contribution in [-0.2, 0) is 14.8 Å². The molecule has 1 heterocycles. The Morgan fingerprint density at radius 3 is 2.31 bits per heavy atom. The van der Waals surface area contributed by atoms with Gasteiger partial charge in [0.25, 0.3) is 15.9 Å². The van der Waals surface area contributed by atoms with E-state index in [4.69, 9.17) is 13.9 Å². The van der Waals surface area contributed by atoms with Crippen LogP contribution in [0.1, 0.15) is 36.2 Å². The Bertz CT molecular complexity index is 1390. The van der Waals surface area contributed by atoms with Crippen LogP contribution in [0.5, 0.6) is 5.75 Å². The molecule has 4 aromatic rings. The van der Waals surface area contributed by atoms with Crippen LogP contribution in [0.4, 0.5) is 5.69 Å². The molecule has 180 valence electrons. The van der Waals surface area contributed by atoms with Gasteiger partial charge in [0.05, 0.1) is 17.1 Å². The predicted octanol–water partition coefficient (Wildman–Crippen LogP) is 4.85. The maximum absolute atomic E-state index is 12.6. The van der Waals surface area contributed by atoms with E-state index in [1.807, 2.05) is 37.3 Å². The first-order valence-electron chi connectivity index (χ1n) is 10.8. The van der Waals surface area contributed by atoms with Crippen LogP contribution in [0.3, 0.4) is 0 Å². The van der Waals surface area contributed by atoms with Gasteiger partial charge in [-0.05, 0) is 74.5 Å². The Kier molecular flexibility index (Phi) is 7.11. The van der Waals surface area contributed by atoms with Crippen molar-refractivity contribution in [1.29, 1.82) is 0 Å². The molecule has 3 aromatic carbocycles. The van der Waals surface area contributed by atoms with Crippen LogP contribution < -0.4 is 9.46 Å². The summed E-state index contributed by atoms with van der Waals surface area (Å²) in [7, 11) is -3.80. The van der Waals surface area contributed by atoms with E-state index >= 15 is 0 Å². The van der Waals surface area contributed by atoms with E-state index in [-0.39, 0.29) is 16.3 Å². The number of aromatic nitrogens is 2. The minimum atomic E-state index is -3.80. The van der Waals surface area contributed by atoms with Crippen molar-refractivity contribution in [3.8, 4) is 17.2 Å². The topological polar surface area (TPSA) is 121 Å². The second-order valence-electron chi connectivity index (χ2n) is 7.45. The number of nitrogens with one attached hydrogen (secondary N) is 1. The number of hydrogen-bond acceptors (Lipinski definition) is 8. The zero-order chi connectivity index (χ0) is 24.8. The van der Waals surface area contributed by atoms with Crippen molar-refractivity contribution in [3.63, 3.8) is 0 Å². The monoisotopic (exact) mass is 493 g/mol. The molecule has 4 rings (SSSR count). The number of carbonyl (C=O) groups excluding carboxylic acids is 1. The Labute approximate surface area is 202 Å². The van der Waals surface area contributed by atoms with E-state index < -0.39 is 22.1 Å². The summed E-state index contributed by atoms with van der Waals surface area (Å²) in [5.41, 5.74) is 1.30. The van der Waals surface area contributed by atoms with Crippen molar-refractivity contribution >= 4 is 21.7 Å². The number of sulfonamides is 1. The number of ether oxygens (including phenoxy) is 2. The fourth-order valence-electron chi connectivity index (χ4n) is 3.15. The molecular formula is C25H23N3O6S. The van der Waals surface area contributed by atoms with E-state index in [9.17, 15) is 13.2 Å².